The molecule has 0 amide bonds. The molecule has 0 fully saturated rings. The fourth-order valence-corrected chi connectivity index (χ4v) is 5.21. The molecule has 176 valence electrons. The third-order valence-electron chi connectivity index (χ3n) is 5.62. The number of benzene rings is 3. The van der Waals surface area contributed by atoms with Gasteiger partial charge in [0.15, 0.2) is 0 Å². The van der Waals surface area contributed by atoms with Crippen molar-refractivity contribution in [2.24, 2.45) is 0 Å². The molecule has 5 rings (SSSR count). The van der Waals surface area contributed by atoms with Gasteiger partial charge in [-0.25, -0.2) is 4.71 Å². The molecule has 0 saturated heterocycles. The second kappa shape index (κ2) is 11.7. The summed E-state index contributed by atoms with van der Waals surface area (Å²) in [4.78, 5) is 6.97. The number of fused-ring (bicyclic) bond motifs is 5. The zero-order valence-corrected chi connectivity index (χ0v) is 23.6. The molecule has 0 aliphatic carbocycles. The van der Waals surface area contributed by atoms with Gasteiger partial charge in [-0.05, 0) is 39.8 Å². The fourth-order valence-electron chi connectivity index (χ4n) is 4.24. The van der Waals surface area contributed by atoms with Crippen molar-refractivity contribution in [1.82, 2.24) is 9.88 Å². The molecule has 0 N–H and O–H groups in total. The van der Waals surface area contributed by atoms with Crippen molar-refractivity contribution >= 4 is 58.1 Å². The van der Waals surface area contributed by atoms with E-state index in [1.165, 1.54) is 0 Å². The summed E-state index contributed by atoms with van der Waals surface area (Å²) in [5.74, 6) is 0. The van der Waals surface area contributed by atoms with Crippen LogP contribution in [0.3, 0.4) is 0 Å². The Labute approximate surface area is 226 Å². The molecule has 3 aromatic carbocycles. The van der Waals surface area contributed by atoms with Crippen molar-refractivity contribution in [1.29, 1.82) is 0 Å². The average Bonchev–Trinajstić information content (AvgIpc) is 3.18. The topological polar surface area (TPSA) is 29.3 Å². The van der Waals surface area contributed by atoms with Crippen LogP contribution in [0.5, 0.6) is 0 Å². The molecule has 2 heterocycles. The van der Waals surface area contributed by atoms with Crippen molar-refractivity contribution in [3.8, 4) is 11.3 Å². The van der Waals surface area contributed by atoms with Gasteiger partial charge in [0, 0.05) is 33.9 Å². The largest absolute Gasteiger partial charge is 3.00 e. The molecule has 0 unspecified atom stereocenters. The predicted octanol–water partition coefficient (Wildman–Crippen LogP) is 7.08. The first-order valence-electron chi connectivity index (χ1n) is 11.1. The molecule has 5 aromatic rings. The summed E-state index contributed by atoms with van der Waals surface area (Å²) < 4.78 is 6.00. The smallest absolute Gasteiger partial charge is 0.800 e. The van der Waals surface area contributed by atoms with Crippen LogP contribution >= 0.6 is 0 Å². The van der Waals surface area contributed by atoms with Crippen LogP contribution in [0.2, 0.25) is 0 Å². The number of nitrogens with zero attached hydrogens (tertiary/aromatic N) is 2. The molecule has 0 radical (unpaired) electrons. The van der Waals surface area contributed by atoms with E-state index in [1.807, 2.05) is 60.7 Å². The third-order valence-corrected chi connectivity index (χ3v) is 6.10. The normalized spacial score (nSPS) is 11.5. The third kappa shape index (κ3) is 5.53. The van der Waals surface area contributed by atoms with Crippen LogP contribution in [0.1, 0.15) is 27.7 Å². The van der Waals surface area contributed by atoms with Crippen molar-refractivity contribution in [3.05, 3.63) is 78.9 Å². The Bertz CT molecular complexity index is 1350. The number of pyridine rings is 1. The second-order valence-electron chi connectivity index (χ2n) is 8.50. The van der Waals surface area contributed by atoms with Crippen molar-refractivity contribution in [2.45, 2.75) is 44.5 Å². The molecule has 6 heteroatoms. The van der Waals surface area contributed by atoms with E-state index >= 15 is 0 Å². The molecule has 0 bridgehead atoms. The number of aromatic nitrogens is 1. The number of furan rings is 1. The van der Waals surface area contributed by atoms with E-state index in [0.29, 0.717) is 12.1 Å². The molecule has 3 nitrogen and oxygen atoms in total. The molecular weight excluding hydrogens is 637 g/mol. The Hall–Kier alpha value is -1.82. The van der Waals surface area contributed by atoms with Crippen LogP contribution in [-0.2, 0) is 45.4 Å². The van der Waals surface area contributed by atoms with Gasteiger partial charge in [-0.3, -0.25) is 4.98 Å². The fraction of sp³-hybridized carbons (Fsp3) is 0.250. The summed E-state index contributed by atoms with van der Waals surface area (Å²) >= 11 is 9.99. The van der Waals surface area contributed by atoms with Gasteiger partial charge in [0.2, 0.25) is 0 Å². The zero-order chi connectivity index (χ0) is 23.5. The molecule has 0 aliphatic heterocycles. The first-order valence-corrected chi connectivity index (χ1v) is 12.1. The Kier molecular flexibility index (Phi) is 9.25. The zero-order valence-electron chi connectivity index (χ0n) is 19.6. The van der Waals surface area contributed by atoms with Crippen LogP contribution in [0.15, 0.2) is 77.2 Å². The number of hydrogen-bond acceptors (Lipinski definition) is 5. The Morgan fingerprint density at radius 2 is 1.44 bits per heavy atom. The SMILES string of the molecule is CC(C)N(C(C)C)C([S-])[S-].[Ir+3].[c-]1ccccc1-c1nc2ccccc2c2c1oc1ccccc12. The summed E-state index contributed by atoms with van der Waals surface area (Å²) in [6.07, 6.45) is 0. The van der Waals surface area contributed by atoms with Gasteiger partial charge < -0.3 is 34.6 Å². The molecule has 34 heavy (non-hydrogen) atoms. The van der Waals surface area contributed by atoms with Crippen LogP contribution in [0.4, 0.5) is 0 Å². The van der Waals surface area contributed by atoms with E-state index in [9.17, 15) is 0 Å². The number of rotatable bonds is 4. The summed E-state index contributed by atoms with van der Waals surface area (Å²) in [7, 11) is 0. The summed E-state index contributed by atoms with van der Waals surface area (Å²) in [6, 6.07) is 28.4. The van der Waals surface area contributed by atoms with E-state index in [2.05, 4.69) is 50.8 Å². The minimum atomic E-state index is -0.167. The van der Waals surface area contributed by atoms with Crippen LogP contribution in [-0.4, -0.2) is 26.7 Å². The van der Waals surface area contributed by atoms with Gasteiger partial charge in [0.1, 0.15) is 11.2 Å². The average molecular weight is 664 g/mol. The van der Waals surface area contributed by atoms with Crippen molar-refractivity contribution in [2.75, 3.05) is 0 Å². The van der Waals surface area contributed by atoms with Gasteiger partial charge in [0.05, 0.1) is 5.52 Å². The van der Waals surface area contributed by atoms with Gasteiger partial charge in [-0.1, -0.05) is 36.4 Å². The van der Waals surface area contributed by atoms with Gasteiger partial charge in [0.25, 0.3) is 0 Å². The van der Waals surface area contributed by atoms with Gasteiger partial charge in [-0.15, -0.1) is 35.9 Å². The molecule has 0 spiro atoms. The van der Waals surface area contributed by atoms with Gasteiger partial charge in [-0.2, -0.15) is 0 Å². The van der Waals surface area contributed by atoms with Gasteiger partial charge >= 0.3 is 20.1 Å². The first-order chi connectivity index (χ1) is 15.9. The second-order valence-corrected chi connectivity index (χ2v) is 9.69. The maximum Gasteiger partial charge on any atom is 3.00 e. The van der Waals surface area contributed by atoms with E-state index in [4.69, 9.17) is 34.7 Å². The number of para-hydroxylation sites is 2. The van der Waals surface area contributed by atoms with E-state index in [0.717, 1.165) is 44.1 Å². The van der Waals surface area contributed by atoms with Crippen LogP contribution < -0.4 is 0 Å². The Balaban J connectivity index is 0.000000255. The molecular formula is C28H27IrN2OS2. The summed E-state index contributed by atoms with van der Waals surface area (Å²) in [5.41, 5.74) is 4.47. The standard InChI is InChI=1S/C21H12NO.C7H17NS2.Ir/c1-2-8-14(9-3-1)20-21-19(15-10-4-6-12-17(15)22-20)16-11-5-7-13-18(16)23-21;1-5(2)8(6(3)4)7(9)10;/h1-8,10-13H;5-7,9-10H,1-4H3;/q-1;;+3/p-2. The van der Waals surface area contributed by atoms with Crippen LogP contribution in [0.25, 0.3) is 44.1 Å². The molecule has 0 aliphatic rings. The first kappa shape index (κ1) is 26.8. The summed E-state index contributed by atoms with van der Waals surface area (Å²) in [6.45, 7) is 8.47. The Morgan fingerprint density at radius 1 is 0.824 bits per heavy atom. The quantitative estimate of drug-likeness (QED) is 0.152. The van der Waals surface area contributed by atoms with Crippen molar-refractivity contribution in [3.63, 3.8) is 0 Å². The van der Waals surface area contributed by atoms with E-state index in [-0.39, 0.29) is 24.8 Å². The van der Waals surface area contributed by atoms with Crippen LogP contribution in [0, 0.1) is 6.07 Å². The Morgan fingerprint density at radius 3 is 2.03 bits per heavy atom. The molecule has 2 aromatic heterocycles. The van der Waals surface area contributed by atoms with E-state index in [1.54, 1.807) is 0 Å². The van der Waals surface area contributed by atoms with E-state index < -0.39 is 0 Å². The maximum absolute atomic E-state index is 6.16. The van der Waals surface area contributed by atoms with Crippen molar-refractivity contribution < 1.29 is 24.5 Å². The monoisotopic (exact) mass is 664 g/mol. The predicted molar refractivity (Wildman–Crippen MR) is 144 cm³/mol. The number of hydrogen-bond donors (Lipinski definition) is 0. The summed E-state index contributed by atoms with van der Waals surface area (Å²) in [5, 5.41) is 3.36. The minimum absolute atomic E-state index is 0. The maximum atomic E-state index is 6.16. The minimum Gasteiger partial charge on any atom is -0.800 e. The molecule has 0 atom stereocenters. The molecule has 0 saturated carbocycles.